The molecule has 1 N–H and O–H groups in total. The van der Waals surface area contributed by atoms with Crippen LogP contribution in [0.15, 0.2) is 55.4 Å². The zero-order valence-electron chi connectivity index (χ0n) is 12.7. The van der Waals surface area contributed by atoms with Gasteiger partial charge in [0.25, 0.3) is 0 Å². The zero-order chi connectivity index (χ0) is 16.5. The number of carbonyl (C=O) groups is 1. The van der Waals surface area contributed by atoms with Crippen molar-refractivity contribution in [3.05, 3.63) is 55.4 Å². The van der Waals surface area contributed by atoms with E-state index in [9.17, 15) is 4.79 Å². The van der Waals surface area contributed by atoms with E-state index < -0.39 is 0 Å². The van der Waals surface area contributed by atoms with E-state index >= 15 is 0 Å². The number of hydrogen-bond acceptors (Lipinski definition) is 5. The van der Waals surface area contributed by atoms with Gasteiger partial charge in [0.15, 0.2) is 11.5 Å². The van der Waals surface area contributed by atoms with E-state index in [1.807, 2.05) is 24.3 Å². The second-order valence-electron chi connectivity index (χ2n) is 5.15. The Labute approximate surface area is 137 Å². The van der Waals surface area contributed by atoms with Crippen LogP contribution in [0.5, 0.6) is 11.5 Å². The molecule has 0 unspecified atom stereocenters. The topological polar surface area (TPSA) is 73.3 Å². The molecular weight excluding hydrogens is 306 g/mol. The highest BCUT2D eigenvalue weighted by molar-refractivity contribution is 6.08. The van der Waals surface area contributed by atoms with Gasteiger partial charge in [-0.05, 0) is 24.3 Å². The standard InChI is InChI=1S/C18H13N3O3/c1-2-15(22)21-16-12(9-20-13-6-4-8-19-17(13)16)11-5-3-7-14-18(11)24-10-23-14/h2-9H,1,10H2,(H,20,21,22). The van der Waals surface area contributed by atoms with Crippen LogP contribution in [0, 0.1) is 0 Å². The second-order valence-corrected chi connectivity index (χ2v) is 5.15. The van der Waals surface area contributed by atoms with E-state index in [0.717, 1.165) is 5.56 Å². The smallest absolute Gasteiger partial charge is 0.247 e. The van der Waals surface area contributed by atoms with Crippen molar-refractivity contribution in [2.45, 2.75) is 0 Å². The molecule has 1 amide bonds. The van der Waals surface area contributed by atoms with Gasteiger partial charge in [0.05, 0.1) is 11.2 Å². The molecule has 6 heteroatoms. The maximum absolute atomic E-state index is 11.9. The van der Waals surface area contributed by atoms with Crippen molar-refractivity contribution in [3.8, 4) is 22.6 Å². The molecule has 0 aliphatic carbocycles. The van der Waals surface area contributed by atoms with Gasteiger partial charge in [-0.25, -0.2) is 0 Å². The number of ether oxygens (including phenoxy) is 2. The Morgan fingerprint density at radius 3 is 2.96 bits per heavy atom. The number of anilines is 1. The number of nitrogens with one attached hydrogen (secondary N) is 1. The van der Waals surface area contributed by atoms with Gasteiger partial charge >= 0.3 is 0 Å². The molecule has 0 fully saturated rings. The Bertz CT molecular complexity index is 969. The number of pyridine rings is 2. The molecule has 0 spiro atoms. The van der Waals surface area contributed by atoms with Crippen molar-refractivity contribution in [1.29, 1.82) is 0 Å². The number of amides is 1. The van der Waals surface area contributed by atoms with Crippen LogP contribution in [-0.2, 0) is 4.79 Å². The maximum atomic E-state index is 11.9. The number of fused-ring (bicyclic) bond motifs is 2. The summed E-state index contributed by atoms with van der Waals surface area (Å²) in [5, 5.41) is 2.84. The number of para-hydroxylation sites is 1. The molecule has 3 heterocycles. The molecule has 1 aliphatic rings. The quantitative estimate of drug-likeness (QED) is 0.751. The van der Waals surface area contributed by atoms with E-state index in [0.29, 0.717) is 33.8 Å². The van der Waals surface area contributed by atoms with E-state index in [-0.39, 0.29) is 12.7 Å². The third kappa shape index (κ3) is 2.25. The van der Waals surface area contributed by atoms with Crippen molar-refractivity contribution in [2.75, 3.05) is 12.1 Å². The molecule has 0 radical (unpaired) electrons. The molecule has 1 aliphatic heterocycles. The normalized spacial score (nSPS) is 12.2. The van der Waals surface area contributed by atoms with Crippen molar-refractivity contribution < 1.29 is 14.3 Å². The maximum Gasteiger partial charge on any atom is 0.247 e. The molecular formula is C18H13N3O3. The monoisotopic (exact) mass is 319 g/mol. The van der Waals surface area contributed by atoms with Gasteiger partial charge in [0.1, 0.15) is 5.52 Å². The Balaban J connectivity index is 1.98. The average molecular weight is 319 g/mol. The molecule has 0 saturated carbocycles. The molecule has 3 aromatic rings. The van der Waals surface area contributed by atoms with Gasteiger partial charge in [-0.1, -0.05) is 18.7 Å². The van der Waals surface area contributed by atoms with E-state index in [1.165, 1.54) is 6.08 Å². The highest BCUT2D eigenvalue weighted by Crippen LogP contribution is 2.44. The van der Waals surface area contributed by atoms with Gasteiger partial charge in [-0.3, -0.25) is 14.8 Å². The summed E-state index contributed by atoms with van der Waals surface area (Å²) < 4.78 is 11.0. The van der Waals surface area contributed by atoms with Crippen LogP contribution < -0.4 is 14.8 Å². The minimum Gasteiger partial charge on any atom is -0.454 e. The first-order chi connectivity index (χ1) is 11.8. The first-order valence-electron chi connectivity index (χ1n) is 7.34. The van der Waals surface area contributed by atoms with E-state index in [2.05, 4.69) is 21.9 Å². The summed E-state index contributed by atoms with van der Waals surface area (Å²) in [4.78, 5) is 20.7. The van der Waals surface area contributed by atoms with Crippen molar-refractivity contribution in [2.24, 2.45) is 0 Å². The minimum atomic E-state index is -0.320. The van der Waals surface area contributed by atoms with Crippen molar-refractivity contribution >= 4 is 22.6 Å². The van der Waals surface area contributed by atoms with Crippen LogP contribution in [-0.4, -0.2) is 22.7 Å². The number of carbonyl (C=O) groups excluding carboxylic acids is 1. The molecule has 0 saturated heterocycles. The summed E-state index contributed by atoms with van der Waals surface area (Å²) in [6.45, 7) is 3.67. The third-order valence-corrected chi connectivity index (χ3v) is 3.75. The summed E-state index contributed by atoms with van der Waals surface area (Å²) in [6, 6.07) is 9.23. The molecule has 0 atom stereocenters. The number of benzene rings is 1. The predicted octanol–water partition coefficient (Wildman–Crippen LogP) is 3.15. The van der Waals surface area contributed by atoms with Gasteiger partial charge in [0.2, 0.25) is 12.7 Å². The summed E-state index contributed by atoms with van der Waals surface area (Å²) in [7, 11) is 0. The highest BCUT2D eigenvalue weighted by Gasteiger charge is 2.22. The largest absolute Gasteiger partial charge is 0.454 e. The lowest BCUT2D eigenvalue weighted by Gasteiger charge is -2.13. The third-order valence-electron chi connectivity index (χ3n) is 3.75. The van der Waals surface area contributed by atoms with Crippen molar-refractivity contribution in [3.63, 3.8) is 0 Å². The van der Waals surface area contributed by atoms with E-state index in [4.69, 9.17) is 9.47 Å². The molecule has 2 aromatic heterocycles. The number of rotatable bonds is 3. The molecule has 6 nitrogen and oxygen atoms in total. The van der Waals surface area contributed by atoms with Crippen LogP contribution in [0.25, 0.3) is 22.2 Å². The van der Waals surface area contributed by atoms with Gasteiger partial charge in [-0.15, -0.1) is 0 Å². The molecule has 0 bridgehead atoms. The van der Waals surface area contributed by atoms with Crippen LogP contribution >= 0.6 is 0 Å². The molecule has 118 valence electrons. The number of hydrogen-bond donors (Lipinski definition) is 1. The lowest BCUT2D eigenvalue weighted by Crippen LogP contribution is -2.10. The fraction of sp³-hybridized carbons (Fsp3) is 0.0556. The number of nitrogens with zero attached hydrogens (tertiary/aromatic N) is 2. The Morgan fingerprint density at radius 1 is 1.17 bits per heavy atom. The van der Waals surface area contributed by atoms with E-state index in [1.54, 1.807) is 18.5 Å². The average Bonchev–Trinajstić information content (AvgIpc) is 3.11. The molecule has 24 heavy (non-hydrogen) atoms. The van der Waals surface area contributed by atoms with Crippen LogP contribution in [0.1, 0.15) is 0 Å². The van der Waals surface area contributed by atoms with Crippen molar-refractivity contribution in [1.82, 2.24) is 9.97 Å². The minimum absolute atomic E-state index is 0.167. The summed E-state index contributed by atoms with van der Waals surface area (Å²) in [6.07, 6.45) is 4.57. The van der Waals surface area contributed by atoms with Gasteiger partial charge in [-0.2, -0.15) is 0 Å². The van der Waals surface area contributed by atoms with Crippen LogP contribution in [0.4, 0.5) is 5.69 Å². The predicted molar refractivity (Wildman–Crippen MR) is 89.9 cm³/mol. The second kappa shape index (κ2) is 5.66. The fourth-order valence-electron chi connectivity index (χ4n) is 2.67. The summed E-state index contributed by atoms with van der Waals surface area (Å²) >= 11 is 0. The fourth-order valence-corrected chi connectivity index (χ4v) is 2.67. The molecule has 1 aromatic carbocycles. The summed E-state index contributed by atoms with van der Waals surface area (Å²) in [5.74, 6) is 0.970. The molecule has 4 rings (SSSR count). The Hall–Kier alpha value is -3.41. The highest BCUT2D eigenvalue weighted by atomic mass is 16.7. The van der Waals surface area contributed by atoms with Gasteiger partial charge in [0, 0.05) is 23.5 Å². The Morgan fingerprint density at radius 2 is 2.08 bits per heavy atom. The zero-order valence-corrected chi connectivity index (χ0v) is 12.7. The van der Waals surface area contributed by atoms with Gasteiger partial charge < -0.3 is 14.8 Å². The van der Waals surface area contributed by atoms with Crippen LogP contribution in [0.2, 0.25) is 0 Å². The van der Waals surface area contributed by atoms with Crippen LogP contribution in [0.3, 0.4) is 0 Å². The summed E-state index contributed by atoms with van der Waals surface area (Å²) in [5.41, 5.74) is 3.34. The lowest BCUT2D eigenvalue weighted by molar-refractivity contribution is -0.111. The Kier molecular flexibility index (Phi) is 3.35. The SMILES string of the molecule is C=CC(=O)Nc1c(-c2cccc3c2OCO3)cnc2cccnc12. The first-order valence-corrected chi connectivity index (χ1v) is 7.34. The number of aromatic nitrogens is 2. The first kappa shape index (κ1) is 14.2. The lowest BCUT2D eigenvalue weighted by atomic mass is 10.0.